The van der Waals surface area contributed by atoms with E-state index < -0.39 is 0 Å². The monoisotopic (exact) mass is 349 g/mol. The van der Waals surface area contributed by atoms with E-state index in [4.69, 9.17) is 4.98 Å². The van der Waals surface area contributed by atoms with E-state index in [1.54, 1.807) is 17.0 Å². The Labute approximate surface area is 148 Å². The summed E-state index contributed by atoms with van der Waals surface area (Å²) in [6.07, 6.45) is 7.40. The smallest absolute Gasteiger partial charge is 0.315 e. The van der Waals surface area contributed by atoms with Gasteiger partial charge in [-0.05, 0) is 44.0 Å². The third-order valence-corrected chi connectivity index (χ3v) is 5.01. The zero-order valence-electron chi connectivity index (χ0n) is 14.4. The molecule has 0 amide bonds. The molecule has 8 nitrogen and oxygen atoms in total. The summed E-state index contributed by atoms with van der Waals surface area (Å²) in [5, 5.41) is 7.74. The first-order valence-electron chi connectivity index (χ1n) is 8.83. The van der Waals surface area contributed by atoms with Gasteiger partial charge in [0.05, 0.1) is 29.5 Å². The standard InChI is InChI=1S/C18H19N7O/c1-11-4-6-24-15(7-11)13(9-21-24)16-20-10-14-17(23-16)25(18(26)22-14)12-3-2-5-19-8-12/h4,6-7,9-10,12,19H,2-3,5,8H2,1H3,(H,22,26). The molecule has 0 aromatic carbocycles. The van der Waals surface area contributed by atoms with Gasteiger partial charge in [-0.15, -0.1) is 0 Å². The first-order valence-corrected chi connectivity index (χ1v) is 8.83. The van der Waals surface area contributed by atoms with Crippen LogP contribution >= 0.6 is 0 Å². The minimum Gasteiger partial charge on any atom is -0.315 e. The fraction of sp³-hybridized carbons (Fsp3) is 0.333. The summed E-state index contributed by atoms with van der Waals surface area (Å²) < 4.78 is 3.58. The molecule has 2 N–H and O–H groups in total. The van der Waals surface area contributed by atoms with Gasteiger partial charge in [-0.3, -0.25) is 4.57 Å². The minimum absolute atomic E-state index is 0.110. The number of nitrogens with zero attached hydrogens (tertiary/aromatic N) is 5. The Kier molecular flexibility index (Phi) is 3.39. The molecule has 1 atom stereocenters. The zero-order valence-corrected chi connectivity index (χ0v) is 14.4. The number of aryl methyl sites for hydroxylation is 1. The molecule has 132 valence electrons. The predicted octanol–water partition coefficient (Wildman–Crippen LogP) is 1.67. The zero-order chi connectivity index (χ0) is 17.7. The van der Waals surface area contributed by atoms with Crippen molar-refractivity contribution in [1.82, 2.24) is 34.4 Å². The second-order valence-corrected chi connectivity index (χ2v) is 6.82. The maximum absolute atomic E-state index is 12.5. The van der Waals surface area contributed by atoms with Crippen LogP contribution in [0.3, 0.4) is 0 Å². The molecule has 0 saturated carbocycles. The molecule has 0 spiro atoms. The number of hydrogen-bond acceptors (Lipinski definition) is 5. The van der Waals surface area contributed by atoms with Crippen molar-refractivity contribution < 1.29 is 0 Å². The number of fused-ring (bicyclic) bond motifs is 2. The average Bonchev–Trinajstić information content (AvgIpc) is 3.21. The second-order valence-electron chi connectivity index (χ2n) is 6.82. The normalized spacial score (nSPS) is 18.0. The lowest BCUT2D eigenvalue weighted by atomic mass is 10.1. The van der Waals surface area contributed by atoms with Crippen LogP contribution in [0.15, 0.2) is 35.5 Å². The van der Waals surface area contributed by atoms with Crippen LogP contribution in [-0.4, -0.2) is 42.2 Å². The van der Waals surface area contributed by atoms with Crippen molar-refractivity contribution >= 4 is 16.7 Å². The van der Waals surface area contributed by atoms with Gasteiger partial charge >= 0.3 is 5.69 Å². The SMILES string of the molecule is Cc1ccn2ncc(-c3ncc4[nH]c(=O)n(C5CCCNC5)c4n3)c2c1. The Bertz CT molecular complexity index is 1160. The van der Waals surface area contributed by atoms with Crippen molar-refractivity contribution in [3.05, 3.63) is 46.8 Å². The van der Waals surface area contributed by atoms with E-state index in [-0.39, 0.29) is 11.7 Å². The summed E-state index contributed by atoms with van der Waals surface area (Å²) in [4.78, 5) is 24.6. The van der Waals surface area contributed by atoms with Crippen LogP contribution < -0.4 is 11.0 Å². The Hall–Kier alpha value is -3.00. The predicted molar refractivity (Wildman–Crippen MR) is 98.2 cm³/mol. The van der Waals surface area contributed by atoms with Gasteiger partial charge in [-0.1, -0.05) is 0 Å². The molecule has 26 heavy (non-hydrogen) atoms. The molecule has 5 heterocycles. The second kappa shape index (κ2) is 5.77. The first-order chi connectivity index (χ1) is 12.7. The average molecular weight is 349 g/mol. The highest BCUT2D eigenvalue weighted by Crippen LogP contribution is 2.24. The van der Waals surface area contributed by atoms with Crippen LogP contribution in [0.1, 0.15) is 24.4 Å². The fourth-order valence-electron chi connectivity index (χ4n) is 3.70. The Morgan fingerprint density at radius 1 is 1.31 bits per heavy atom. The molecule has 4 aromatic rings. The van der Waals surface area contributed by atoms with Crippen LogP contribution in [0.25, 0.3) is 28.1 Å². The van der Waals surface area contributed by atoms with Crippen molar-refractivity contribution in [2.45, 2.75) is 25.8 Å². The van der Waals surface area contributed by atoms with Crippen molar-refractivity contribution in [2.75, 3.05) is 13.1 Å². The van der Waals surface area contributed by atoms with E-state index in [0.717, 1.165) is 42.6 Å². The lowest BCUT2D eigenvalue weighted by Crippen LogP contribution is -2.35. The van der Waals surface area contributed by atoms with Gasteiger partial charge < -0.3 is 10.3 Å². The summed E-state index contributed by atoms with van der Waals surface area (Å²) in [7, 11) is 0. The van der Waals surface area contributed by atoms with Gasteiger partial charge in [0.1, 0.15) is 5.52 Å². The number of nitrogens with one attached hydrogen (secondary N) is 2. The molecule has 1 aliphatic heterocycles. The van der Waals surface area contributed by atoms with Gasteiger partial charge in [0.25, 0.3) is 0 Å². The van der Waals surface area contributed by atoms with Crippen molar-refractivity contribution in [3.8, 4) is 11.4 Å². The van der Waals surface area contributed by atoms with Crippen molar-refractivity contribution in [3.63, 3.8) is 0 Å². The van der Waals surface area contributed by atoms with Crippen LogP contribution in [0.4, 0.5) is 0 Å². The maximum Gasteiger partial charge on any atom is 0.328 e. The summed E-state index contributed by atoms with van der Waals surface area (Å²) in [6.45, 7) is 3.82. The highest BCUT2D eigenvalue weighted by atomic mass is 16.1. The molecule has 8 heteroatoms. The summed E-state index contributed by atoms with van der Waals surface area (Å²) in [6, 6.07) is 4.18. The minimum atomic E-state index is -0.129. The molecule has 0 aliphatic carbocycles. The summed E-state index contributed by atoms with van der Waals surface area (Å²) in [5.41, 5.74) is 4.14. The summed E-state index contributed by atoms with van der Waals surface area (Å²) >= 11 is 0. The number of aromatic amines is 1. The first kappa shape index (κ1) is 15.3. The number of rotatable bonds is 2. The number of piperidine rings is 1. The molecular weight excluding hydrogens is 330 g/mol. The van der Waals surface area contributed by atoms with E-state index >= 15 is 0 Å². The van der Waals surface area contributed by atoms with Gasteiger partial charge in [-0.25, -0.2) is 19.3 Å². The molecule has 5 rings (SSSR count). The molecule has 0 bridgehead atoms. The largest absolute Gasteiger partial charge is 0.328 e. The molecular formula is C18H19N7O. The van der Waals surface area contributed by atoms with Crippen molar-refractivity contribution in [1.29, 1.82) is 0 Å². The van der Waals surface area contributed by atoms with E-state index in [0.29, 0.717) is 17.0 Å². The number of imidazole rings is 1. The van der Waals surface area contributed by atoms with Crippen LogP contribution in [0.2, 0.25) is 0 Å². The fourth-order valence-corrected chi connectivity index (χ4v) is 3.70. The third kappa shape index (κ3) is 2.33. The number of aromatic nitrogens is 6. The van der Waals surface area contributed by atoms with E-state index in [1.807, 2.05) is 23.7 Å². The molecule has 1 saturated heterocycles. The van der Waals surface area contributed by atoms with Crippen LogP contribution in [0, 0.1) is 6.92 Å². The topological polar surface area (TPSA) is 92.9 Å². The van der Waals surface area contributed by atoms with Gasteiger partial charge in [0.2, 0.25) is 0 Å². The van der Waals surface area contributed by atoms with E-state index in [9.17, 15) is 4.79 Å². The quantitative estimate of drug-likeness (QED) is 0.574. The molecule has 1 aliphatic rings. The van der Waals surface area contributed by atoms with Crippen molar-refractivity contribution in [2.24, 2.45) is 0 Å². The lowest BCUT2D eigenvalue weighted by Gasteiger charge is -2.23. The van der Waals surface area contributed by atoms with Gasteiger partial charge in [0, 0.05) is 12.7 Å². The molecule has 1 fully saturated rings. The lowest BCUT2D eigenvalue weighted by molar-refractivity contribution is 0.370. The summed E-state index contributed by atoms with van der Waals surface area (Å²) in [5.74, 6) is 0.578. The number of hydrogen-bond donors (Lipinski definition) is 2. The highest BCUT2D eigenvalue weighted by molar-refractivity contribution is 5.79. The highest BCUT2D eigenvalue weighted by Gasteiger charge is 2.21. The van der Waals surface area contributed by atoms with Gasteiger partial charge in [0.15, 0.2) is 11.5 Å². The number of H-pyrrole nitrogens is 1. The Morgan fingerprint density at radius 3 is 3.08 bits per heavy atom. The van der Waals surface area contributed by atoms with Crippen LogP contribution in [-0.2, 0) is 0 Å². The number of pyridine rings is 1. The maximum atomic E-state index is 12.5. The van der Waals surface area contributed by atoms with E-state index in [2.05, 4.69) is 26.4 Å². The molecule has 0 radical (unpaired) electrons. The Balaban J connectivity index is 1.69. The Morgan fingerprint density at radius 2 is 2.23 bits per heavy atom. The molecule has 1 unspecified atom stereocenters. The van der Waals surface area contributed by atoms with E-state index in [1.165, 1.54) is 0 Å². The van der Waals surface area contributed by atoms with Crippen LogP contribution in [0.5, 0.6) is 0 Å². The van der Waals surface area contributed by atoms with Gasteiger partial charge in [-0.2, -0.15) is 5.10 Å². The third-order valence-electron chi connectivity index (χ3n) is 5.01. The molecule has 4 aromatic heterocycles.